The Morgan fingerprint density at radius 1 is 1.44 bits per heavy atom. The molecule has 100 valence electrons. The van der Waals surface area contributed by atoms with Gasteiger partial charge >= 0.3 is 69.7 Å². The quantitative estimate of drug-likeness (QED) is 0.300. The van der Waals surface area contributed by atoms with E-state index >= 15 is 0 Å². The van der Waals surface area contributed by atoms with Crippen molar-refractivity contribution in [2.75, 3.05) is 12.4 Å². The van der Waals surface area contributed by atoms with Gasteiger partial charge in [0.15, 0.2) is 0 Å². The van der Waals surface area contributed by atoms with Gasteiger partial charge in [0, 0.05) is 0 Å². The maximum Gasteiger partial charge on any atom is 1.00 e. The van der Waals surface area contributed by atoms with Crippen LogP contribution in [-0.2, 0) is 25.5 Å². The molecule has 1 heterocycles. The van der Waals surface area contributed by atoms with Crippen LogP contribution in [0.5, 0.6) is 0 Å². The van der Waals surface area contributed by atoms with Gasteiger partial charge in [-0.25, -0.2) is 8.42 Å². The van der Waals surface area contributed by atoms with Crippen molar-refractivity contribution in [2.45, 2.75) is 26.1 Å². The summed E-state index contributed by atoms with van der Waals surface area (Å²) < 4.78 is 59.2. The third kappa shape index (κ3) is 52.9. The van der Waals surface area contributed by atoms with E-state index in [4.69, 9.17) is 22.5 Å². The molecule has 18 heavy (non-hydrogen) atoms. The van der Waals surface area contributed by atoms with Crippen LogP contribution in [0.3, 0.4) is 0 Å². The smallest absolute Gasteiger partial charge is 1.00 e. The molecule has 1 saturated heterocycles. The summed E-state index contributed by atoms with van der Waals surface area (Å²) in [5.74, 6) is -0.701. The summed E-state index contributed by atoms with van der Waals surface area (Å²) in [6.45, 7) is 4.29. The van der Waals surface area contributed by atoms with Crippen molar-refractivity contribution in [3.63, 3.8) is 0 Å². The summed E-state index contributed by atoms with van der Waals surface area (Å²) in [6.07, 6.45) is -0.475. The van der Waals surface area contributed by atoms with Gasteiger partial charge < -0.3 is 15.8 Å². The molecule has 0 aromatic heterocycles. The van der Waals surface area contributed by atoms with Gasteiger partial charge in [0.25, 0.3) is 0 Å². The Hall–Kier alpha value is 1.45. The number of ether oxygens (including phenoxy) is 1. The van der Waals surface area contributed by atoms with Crippen LogP contribution in [0.15, 0.2) is 0 Å². The molecule has 8 nitrogen and oxygen atoms in total. The summed E-state index contributed by atoms with van der Waals surface area (Å²) in [7, 11) is -7.33. The van der Waals surface area contributed by atoms with E-state index in [1.807, 2.05) is 0 Å². The molecule has 12 heteroatoms. The molecule has 1 aliphatic heterocycles. The number of hydrogen-bond donors (Lipinski definition) is 1. The van der Waals surface area contributed by atoms with E-state index < -0.39 is 32.6 Å². The molecule has 0 amide bonds. The molecule has 0 bridgehead atoms. The molecular weight excluding hydrogens is 310 g/mol. The Kier molecular flexibility index (Phi) is 22.9. The number of aliphatic hydroxyl groups excluding tert-OH is 1. The van der Waals surface area contributed by atoms with Gasteiger partial charge in [0.2, 0.25) is 0 Å². The second kappa shape index (κ2) is 14.9. The number of aliphatic hydroxyl groups is 1. The van der Waals surface area contributed by atoms with Crippen molar-refractivity contribution in [1.29, 1.82) is 0 Å². The first-order valence-electron chi connectivity index (χ1n) is 4.04. The molecule has 1 aliphatic rings. The normalized spacial score (nSPS) is 17.2. The first kappa shape index (κ1) is 27.7. The predicted octanol–water partition coefficient (Wildman–Crippen LogP) is -7.57. The maximum absolute atomic E-state index is 9.73. The molecule has 0 saturated carbocycles. The van der Waals surface area contributed by atoms with Crippen molar-refractivity contribution >= 4 is 20.7 Å². The Balaban J connectivity index is -0.0000000515. The number of rotatable bonds is 2. The summed E-state index contributed by atoms with van der Waals surface area (Å²) in [4.78, 5) is 0. The summed E-state index contributed by atoms with van der Waals surface area (Å²) in [5.41, 5.74) is 0. The van der Waals surface area contributed by atoms with Crippen molar-refractivity contribution < 1.29 is 96.0 Å². The van der Waals surface area contributed by atoms with Crippen LogP contribution < -0.4 is 59.1 Å². The van der Waals surface area contributed by atoms with Crippen LogP contribution in [0.4, 0.5) is 0 Å². The number of epoxide rings is 1. The minimum absolute atomic E-state index is 0. The summed E-state index contributed by atoms with van der Waals surface area (Å²) >= 11 is 0. The second-order valence-corrected chi connectivity index (χ2v) is 4.78. The average molecular weight is 324 g/mol. The topological polar surface area (TPSA) is 141 Å². The zero-order valence-corrected chi connectivity index (χ0v) is 16.3. The number of hydrogen-bond acceptors (Lipinski definition) is 8. The average Bonchev–Trinajstić information content (AvgIpc) is 2.64. The molecule has 0 aromatic rings. The van der Waals surface area contributed by atoms with Crippen LogP contribution in [0.2, 0.25) is 0 Å². The van der Waals surface area contributed by atoms with Gasteiger partial charge in [-0.1, -0.05) is 0 Å². The fourth-order valence-electron chi connectivity index (χ4n) is 0.392. The molecule has 1 fully saturated rings. The Morgan fingerprint density at radius 3 is 1.67 bits per heavy atom. The van der Waals surface area contributed by atoms with E-state index in [0.717, 1.165) is 6.61 Å². The van der Waals surface area contributed by atoms with Crippen LogP contribution in [0, 0.1) is 0 Å². The molecule has 0 aromatic carbocycles. The molecule has 0 radical (unpaired) electrons. The first-order valence-corrected chi connectivity index (χ1v) is 6.62. The van der Waals surface area contributed by atoms with Crippen LogP contribution >= 0.6 is 0 Å². The molecule has 2 atom stereocenters. The molecule has 2 unspecified atom stereocenters. The summed E-state index contributed by atoms with van der Waals surface area (Å²) in [5, 5.41) is 8.31. The Bertz CT molecular complexity index is 370. The summed E-state index contributed by atoms with van der Waals surface area (Å²) in [6, 6.07) is 0. The fourth-order valence-corrected chi connectivity index (χ4v) is 0.982. The molecule has 0 aliphatic carbocycles. The Morgan fingerprint density at radius 2 is 1.67 bits per heavy atom. The fraction of sp³-hybridized carbons (Fsp3) is 1.00. The first-order chi connectivity index (χ1) is 7.04. The van der Waals surface area contributed by atoms with Gasteiger partial charge in [-0.15, -0.1) is 12.6 Å². The van der Waals surface area contributed by atoms with Gasteiger partial charge in [-0.3, -0.25) is 0 Å². The van der Waals surface area contributed by atoms with E-state index in [1.165, 1.54) is 6.92 Å². The van der Waals surface area contributed by atoms with E-state index in [1.54, 1.807) is 0 Å². The van der Waals surface area contributed by atoms with Crippen LogP contribution in [0.1, 0.15) is 15.3 Å². The largest absolute Gasteiger partial charge is 1.00 e. The van der Waals surface area contributed by atoms with Gasteiger partial charge in [-0.2, -0.15) is 0 Å². The van der Waals surface area contributed by atoms with E-state index in [0.29, 0.717) is 6.10 Å². The van der Waals surface area contributed by atoms with E-state index in [9.17, 15) is 13.0 Å². The SMILES string of the molecule is CC(O)CS(=O)(=O)[O-].CC1CO1.O=S(=O)=O.[H-].[Na+].[Na+]. The van der Waals surface area contributed by atoms with Gasteiger partial charge in [0.05, 0.1) is 34.7 Å². The van der Waals surface area contributed by atoms with Crippen molar-refractivity contribution in [3.05, 3.63) is 0 Å². The van der Waals surface area contributed by atoms with E-state index in [-0.39, 0.29) is 60.5 Å². The van der Waals surface area contributed by atoms with Gasteiger partial charge in [-0.05, 0) is 13.8 Å². The molecule has 1 rings (SSSR count). The van der Waals surface area contributed by atoms with Crippen LogP contribution in [-0.4, -0.2) is 55.3 Å². The molecular formula is C6H14Na2O8S2. The molecule has 0 spiro atoms. The maximum atomic E-state index is 9.73. The van der Waals surface area contributed by atoms with Crippen molar-refractivity contribution in [3.8, 4) is 0 Å². The monoisotopic (exact) mass is 324 g/mol. The standard InChI is InChI=1S/C3H8O4S.C3H6O.2Na.O3S.H/c1-3(4)2-8(5,6)7;1-3-2-4-3;;;1-4(2)3;/h3-4H,2H2,1H3,(H,5,6,7);3H,2H2,1H3;;;;/q;;2*+1;;-1/p-1. The Labute approximate surface area is 153 Å². The van der Waals surface area contributed by atoms with Crippen LogP contribution in [0.25, 0.3) is 0 Å². The third-order valence-electron chi connectivity index (χ3n) is 0.945. The van der Waals surface area contributed by atoms with E-state index in [2.05, 4.69) is 6.92 Å². The van der Waals surface area contributed by atoms with Gasteiger partial charge in [0.1, 0.15) is 0 Å². The zero-order valence-electron chi connectivity index (χ0n) is 11.7. The van der Waals surface area contributed by atoms with Crippen molar-refractivity contribution in [2.24, 2.45) is 0 Å². The predicted molar refractivity (Wildman–Crippen MR) is 52.5 cm³/mol. The van der Waals surface area contributed by atoms with Crippen molar-refractivity contribution in [1.82, 2.24) is 0 Å². The zero-order chi connectivity index (χ0) is 13.4. The molecule has 1 N–H and O–H groups in total. The second-order valence-electron chi connectivity index (χ2n) is 2.92. The third-order valence-corrected chi connectivity index (χ3v) is 1.84. The minimum atomic E-state index is -4.22. The minimum Gasteiger partial charge on any atom is -1.00 e.